The van der Waals surface area contributed by atoms with E-state index in [9.17, 15) is 29.4 Å². The number of aliphatic carboxylic acids is 2. The summed E-state index contributed by atoms with van der Waals surface area (Å²) in [5, 5.41) is 31.8. The number of phenols is 1. The summed E-state index contributed by atoms with van der Waals surface area (Å²) >= 11 is 0. The molecular formula is C16H21N3O7. The SMILES string of the molecule is C[C@H](N)C(=O)N[C@@H](CC(=O)O)C(=O)N[C@@H](Cc1ccc(O)cc1)C(=O)O. The molecule has 0 spiro atoms. The number of carbonyl (C=O) groups excluding carboxylic acids is 2. The van der Waals surface area contributed by atoms with Crippen molar-refractivity contribution in [3.63, 3.8) is 0 Å². The highest BCUT2D eigenvalue weighted by Gasteiger charge is 2.29. The molecule has 0 aliphatic carbocycles. The Bertz CT molecular complexity index is 673. The number of benzene rings is 1. The third-order valence-electron chi connectivity index (χ3n) is 3.42. The Labute approximate surface area is 149 Å². The first-order valence-electron chi connectivity index (χ1n) is 7.69. The summed E-state index contributed by atoms with van der Waals surface area (Å²) in [6, 6.07) is 1.93. The molecule has 2 amide bonds. The monoisotopic (exact) mass is 367 g/mol. The summed E-state index contributed by atoms with van der Waals surface area (Å²) in [5.41, 5.74) is 5.91. The molecule has 3 atom stereocenters. The van der Waals surface area contributed by atoms with Crippen molar-refractivity contribution in [2.45, 2.75) is 37.9 Å². The topological polar surface area (TPSA) is 179 Å². The number of phenolic OH excluding ortho intramolecular Hbond substituents is 1. The molecule has 0 aliphatic rings. The largest absolute Gasteiger partial charge is 0.508 e. The summed E-state index contributed by atoms with van der Waals surface area (Å²) in [7, 11) is 0. The third kappa shape index (κ3) is 6.77. The van der Waals surface area contributed by atoms with Crippen LogP contribution in [0.25, 0.3) is 0 Å². The van der Waals surface area contributed by atoms with Crippen LogP contribution >= 0.6 is 0 Å². The number of rotatable bonds is 9. The van der Waals surface area contributed by atoms with Gasteiger partial charge in [0.2, 0.25) is 11.8 Å². The lowest BCUT2D eigenvalue weighted by atomic mass is 10.0. The smallest absolute Gasteiger partial charge is 0.326 e. The Kier molecular flexibility index (Phi) is 7.53. The standard InChI is InChI=1S/C16H21N3O7/c1-8(17)14(23)18-11(7-13(21)22)15(24)19-12(16(25)26)6-9-2-4-10(20)5-3-9/h2-5,8,11-12,20H,6-7,17H2,1H3,(H,18,23)(H,19,24)(H,21,22)(H,25,26)/t8-,11-,12-/m0/s1. The molecule has 10 nitrogen and oxygen atoms in total. The quantitative estimate of drug-likeness (QED) is 0.315. The van der Waals surface area contributed by atoms with Gasteiger partial charge in [0, 0.05) is 6.42 Å². The number of nitrogens with two attached hydrogens (primary N) is 1. The van der Waals surface area contributed by atoms with Crippen LogP contribution in [0.4, 0.5) is 0 Å². The number of aromatic hydroxyl groups is 1. The Hall–Kier alpha value is -3.14. The van der Waals surface area contributed by atoms with Gasteiger partial charge in [0.25, 0.3) is 0 Å². The van der Waals surface area contributed by atoms with Gasteiger partial charge in [-0.1, -0.05) is 12.1 Å². The molecule has 10 heteroatoms. The van der Waals surface area contributed by atoms with Crippen LogP contribution in [0.2, 0.25) is 0 Å². The Morgan fingerprint density at radius 3 is 2.00 bits per heavy atom. The van der Waals surface area contributed by atoms with Crippen molar-refractivity contribution in [2.75, 3.05) is 0 Å². The Morgan fingerprint density at radius 1 is 1.00 bits per heavy atom. The van der Waals surface area contributed by atoms with E-state index in [1.54, 1.807) is 0 Å². The molecule has 7 N–H and O–H groups in total. The number of carbonyl (C=O) groups is 4. The minimum absolute atomic E-state index is 0.00444. The molecule has 0 saturated heterocycles. The van der Waals surface area contributed by atoms with Gasteiger partial charge < -0.3 is 31.7 Å². The van der Waals surface area contributed by atoms with Crippen molar-refractivity contribution in [3.05, 3.63) is 29.8 Å². The van der Waals surface area contributed by atoms with Gasteiger partial charge in [0.1, 0.15) is 17.8 Å². The molecule has 0 aromatic heterocycles. The van der Waals surface area contributed by atoms with Crippen LogP contribution in [0.3, 0.4) is 0 Å². The number of carboxylic acids is 2. The fourth-order valence-corrected chi connectivity index (χ4v) is 2.03. The molecule has 0 bridgehead atoms. The van der Waals surface area contributed by atoms with Crippen molar-refractivity contribution >= 4 is 23.8 Å². The van der Waals surface area contributed by atoms with Crippen molar-refractivity contribution in [2.24, 2.45) is 5.73 Å². The van der Waals surface area contributed by atoms with Crippen LogP contribution in [0.15, 0.2) is 24.3 Å². The predicted octanol–water partition coefficient (Wildman–Crippen LogP) is -1.19. The van der Waals surface area contributed by atoms with E-state index in [1.807, 2.05) is 0 Å². The minimum Gasteiger partial charge on any atom is -0.508 e. The third-order valence-corrected chi connectivity index (χ3v) is 3.42. The Morgan fingerprint density at radius 2 is 1.54 bits per heavy atom. The average Bonchev–Trinajstić information content (AvgIpc) is 2.54. The fourth-order valence-electron chi connectivity index (χ4n) is 2.03. The number of nitrogens with one attached hydrogen (secondary N) is 2. The van der Waals surface area contributed by atoms with Crippen LogP contribution in [0.5, 0.6) is 5.75 Å². The van der Waals surface area contributed by atoms with Crippen LogP contribution in [0, 0.1) is 0 Å². The van der Waals surface area contributed by atoms with Gasteiger partial charge in [-0.15, -0.1) is 0 Å². The average molecular weight is 367 g/mol. The van der Waals surface area contributed by atoms with Crippen LogP contribution in [0.1, 0.15) is 18.9 Å². The molecule has 0 heterocycles. The number of hydrogen-bond acceptors (Lipinski definition) is 6. The lowest BCUT2D eigenvalue weighted by molar-refractivity contribution is -0.143. The summed E-state index contributed by atoms with van der Waals surface area (Å²) in [5.74, 6) is -4.37. The molecule has 0 unspecified atom stereocenters. The normalized spacial score (nSPS) is 13.9. The molecule has 0 radical (unpaired) electrons. The Balaban J connectivity index is 2.86. The van der Waals surface area contributed by atoms with E-state index in [2.05, 4.69) is 10.6 Å². The van der Waals surface area contributed by atoms with E-state index in [0.29, 0.717) is 5.56 Å². The van der Waals surface area contributed by atoms with Gasteiger partial charge in [-0.2, -0.15) is 0 Å². The van der Waals surface area contributed by atoms with Crippen LogP contribution < -0.4 is 16.4 Å². The molecule has 0 aliphatic heterocycles. The van der Waals surface area contributed by atoms with Gasteiger partial charge in [-0.05, 0) is 24.6 Å². The summed E-state index contributed by atoms with van der Waals surface area (Å²) in [6.07, 6.45) is -0.821. The van der Waals surface area contributed by atoms with Crippen molar-refractivity contribution in [1.82, 2.24) is 10.6 Å². The highest BCUT2D eigenvalue weighted by molar-refractivity contribution is 5.93. The van der Waals surface area contributed by atoms with Gasteiger partial charge in [0.15, 0.2) is 0 Å². The first-order valence-corrected chi connectivity index (χ1v) is 7.69. The number of amides is 2. The molecule has 0 fully saturated rings. The zero-order chi connectivity index (χ0) is 19.9. The van der Waals surface area contributed by atoms with Gasteiger partial charge in [0.05, 0.1) is 12.5 Å². The van der Waals surface area contributed by atoms with Crippen molar-refractivity contribution in [3.8, 4) is 5.75 Å². The molecule has 26 heavy (non-hydrogen) atoms. The maximum Gasteiger partial charge on any atom is 0.326 e. The molecular weight excluding hydrogens is 346 g/mol. The number of carboxylic acid groups (broad SMARTS) is 2. The zero-order valence-corrected chi connectivity index (χ0v) is 14.0. The minimum atomic E-state index is -1.47. The highest BCUT2D eigenvalue weighted by Crippen LogP contribution is 2.11. The highest BCUT2D eigenvalue weighted by atomic mass is 16.4. The first kappa shape index (κ1) is 20.9. The molecule has 1 aromatic carbocycles. The lowest BCUT2D eigenvalue weighted by Gasteiger charge is -2.21. The van der Waals surface area contributed by atoms with E-state index < -0.39 is 48.3 Å². The van der Waals surface area contributed by atoms with Crippen LogP contribution in [-0.2, 0) is 25.6 Å². The predicted molar refractivity (Wildman–Crippen MR) is 89.2 cm³/mol. The zero-order valence-electron chi connectivity index (χ0n) is 14.0. The fraction of sp³-hybridized carbons (Fsp3) is 0.375. The molecule has 1 aromatic rings. The van der Waals surface area contributed by atoms with Crippen molar-refractivity contribution < 1.29 is 34.5 Å². The van der Waals surface area contributed by atoms with E-state index in [4.69, 9.17) is 10.8 Å². The van der Waals surface area contributed by atoms with E-state index in [-0.39, 0.29) is 12.2 Å². The summed E-state index contributed by atoms with van der Waals surface area (Å²) in [6.45, 7) is 1.36. The van der Waals surface area contributed by atoms with E-state index >= 15 is 0 Å². The van der Waals surface area contributed by atoms with E-state index in [1.165, 1.54) is 31.2 Å². The maximum absolute atomic E-state index is 12.3. The second-order valence-electron chi connectivity index (χ2n) is 5.72. The van der Waals surface area contributed by atoms with E-state index in [0.717, 1.165) is 0 Å². The van der Waals surface area contributed by atoms with Crippen LogP contribution in [-0.4, -0.2) is 57.2 Å². The second kappa shape index (κ2) is 9.37. The molecule has 1 rings (SSSR count). The summed E-state index contributed by atoms with van der Waals surface area (Å²) in [4.78, 5) is 46.2. The number of hydrogen-bond donors (Lipinski definition) is 6. The van der Waals surface area contributed by atoms with Crippen molar-refractivity contribution in [1.29, 1.82) is 0 Å². The van der Waals surface area contributed by atoms with Gasteiger partial charge >= 0.3 is 11.9 Å². The van der Waals surface area contributed by atoms with Gasteiger partial charge in [-0.3, -0.25) is 14.4 Å². The molecule has 0 saturated carbocycles. The maximum atomic E-state index is 12.3. The second-order valence-corrected chi connectivity index (χ2v) is 5.72. The first-order chi connectivity index (χ1) is 12.1. The molecule has 142 valence electrons. The lowest BCUT2D eigenvalue weighted by Crippen LogP contribution is -2.55. The van der Waals surface area contributed by atoms with Gasteiger partial charge in [-0.25, -0.2) is 4.79 Å². The summed E-state index contributed by atoms with van der Waals surface area (Å²) < 4.78 is 0.